The van der Waals surface area contributed by atoms with Gasteiger partial charge >= 0.3 is 0 Å². The lowest BCUT2D eigenvalue weighted by molar-refractivity contribution is 0.274. The molecule has 0 aliphatic carbocycles. The maximum atomic E-state index is 3.17. The highest BCUT2D eigenvalue weighted by Crippen LogP contribution is 2.06. The standard InChI is InChI=1S/C11H26N2/c1-5-7-11(2)10-13(4)9-6-8-12-3/h11-12H,5-10H2,1-4H3. The van der Waals surface area contributed by atoms with Crippen molar-refractivity contribution in [2.24, 2.45) is 5.92 Å². The van der Waals surface area contributed by atoms with Gasteiger partial charge in [-0.25, -0.2) is 0 Å². The lowest BCUT2D eigenvalue weighted by Gasteiger charge is -2.20. The van der Waals surface area contributed by atoms with Gasteiger partial charge in [0.15, 0.2) is 0 Å². The van der Waals surface area contributed by atoms with E-state index in [-0.39, 0.29) is 0 Å². The molecule has 0 amide bonds. The molecule has 0 aromatic carbocycles. The Labute approximate surface area is 83.7 Å². The monoisotopic (exact) mass is 186 g/mol. The van der Waals surface area contributed by atoms with Crippen molar-refractivity contribution < 1.29 is 0 Å². The molecule has 0 spiro atoms. The Morgan fingerprint density at radius 1 is 1.38 bits per heavy atom. The van der Waals surface area contributed by atoms with Crippen LogP contribution in [0.15, 0.2) is 0 Å². The highest BCUT2D eigenvalue weighted by Gasteiger charge is 2.04. The zero-order valence-electron chi connectivity index (χ0n) is 9.77. The minimum absolute atomic E-state index is 0.851. The number of nitrogens with one attached hydrogen (secondary N) is 1. The molecule has 0 heterocycles. The third-order valence-electron chi connectivity index (χ3n) is 2.37. The van der Waals surface area contributed by atoms with Crippen molar-refractivity contribution in [2.45, 2.75) is 33.1 Å². The Kier molecular flexibility index (Phi) is 8.46. The molecule has 13 heavy (non-hydrogen) atoms. The SMILES string of the molecule is CCCC(C)CN(C)CCCNC. The van der Waals surface area contributed by atoms with Gasteiger partial charge in [-0.05, 0) is 45.9 Å². The van der Waals surface area contributed by atoms with Gasteiger partial charge in [-0.1, -0.05) is 20.3 Å². The topological polar surface area (TPSA) is 15.3 Å². The average Bonchev–Trinajstić information content (AvgIpc) is 2.05. The first-order chi connectivity index (χ1) is 6.20. The zero-order chi connectivity index (χ0) is 10.1. The van der Waals surface area contributed by atoms with Crippen molar-refractivity contribution in [2.75, 3.05) is 33.7 Å². The molecular weight excluding hydrogens is 160 g/mol. The fraction of sp³-hybridized carbons (Fsp3) is 1.00. The number of hydrogen-bond acceptors (Lipinski definition) is 2. The second-order valence-corrected chi connectivity index (χ2v) is 4.11. The Morgan fingerprint density at radius 2 is 2.08 bits per heavy atom. The van der Waals surface area contributed by atoms with E-state index in [1.54, 1.807) is 0 Å². The number of hydrogen-bond donors (Lipinski definition) is 1. The fourth-order valence-electron chi connectivity index (χ4n) is 1.73. The maximum Gasteiger partial charge on any atom is 0.000397 e. The van der Waals surface area contributed by atoms with Crippen LogP contribution in [0.3, 0.4) is 0 Å². The molecule has 2 heteroatoms. The fourth-order valence-corrected chi connectivity index (χ4v) is 1.73. The zero-order valence-corrected chi connectivity index (χ0v) is 9.77. The molecule has 1 unspecified atom stereocenters. The van der Waals surface area contributed by atoms with Gasteiger partial charge in [0.2, 0.25) is 0 Å². The lowest BCUT2D eigenvalue weighted by Crippen LogP contribution is -2.27. The van der Waals surface area contributed by atoms with E-state index in [1.165, 1.54) is 32.4 Å². The molecule has 1 N–H and O–H groups in total. The molecule has 0 bridgehead atoms. The first-order valence-electron chi connectivity index (χ1n) is 5.53. The van der Waals surface area contributed by atoms with Crippen LogP contribution < -0.4 is 5.32 Å². The van der Waals surface area contributed by atoms with Gasteiger partial charge in [-0.3, -0.25) is 0 Å². The first kappa shape index (κ1) is 12.9. The molecule has 0 rings (SSSR count). The van der Waals surface area contributed by atoms with Crippen molar-refractivity contribution in [3.8, 4) is 0 Å². The molecule has 0 saturated heterocycles. The molecule has 0 aliphatic heterocycles. The van der Waals surface area contributed by atoms with Crippen LogP contribution in [0.1, 0.15) is 33.1 Å². The van der Waals surface area contributed by atoms with E-state index < -0.39 is 0 Å². The van der Waals surface area contributed by atoms with Gasteiger partial charge in [0.05, 0.1) is 0 Å². The van der Waals surface area contributed by atoms with Crippen LogP contribution in [0.2, 0.25) is 0 Å². The third kappa shape index (κ3) is 8.26. The van der Waals surface area contributed by atoms with Gasteiger partial charge in [0, 0.05) is 6.54 Å². The molecule has 1 atom stereocenters. The van der Waals surface area contributed by atoms with E-state index in [1.807, 2.05) is 7.05 Å². The Bertz CT molecular complexity index is 104. The van der Waals surface area contributed by atoms with Gasteiger partial charge < -0.3 is 10.2 Å². The highest BCUT2D eigenvalue weighted by molar-refractivity contribution is 4.59. The molecule has 0 saturated carbocycles. The van der Waals surface area contributed by atoms with Crippen molar-refractivity contribution in [3.63, 3.8) is 0 Å². The van der Waals surface area contributed by atoms with Gasteiger partial charge in [0.1, 0.15) is 0 Å². The maximum absolute atomic E-state index is 3.17. The number of rotatable bonds is 8. The molecule has 0 radical (unpaired) electrons. The van der Waals surface area contributed by atoms with E-state index in [4.69, 9.17) is 0 Å². The van der Waals surface area contributed by atoms with E-state index in [0.29, 0.717) is 0 Å². The van der Waals surface area contributed by atoms with Gasteiger partial charge in [-0.15, -0.1) is 0 Å². The summed E-state index contributed by atoms with van der Waals surface area (Å²) in [5, 5.41) is 3.17. The smallest absolute Gasteiger partial charge is 0.000397 e. The summed E-state index contributed by atoms with van der Waals surface area (Å²) < 4.78 is 0. The predicted octanol–water partition coefficient (Wildman–Crippen LogP) is 1.96. The molecule has 2 nitrogen and oxygen atoms in total. The summed E-state index contributed by atoms with van der Waals surface area (Å²) in [6.45, 7) is 8.20. The summed E-state index contributed by atoms with van der Waals surface area (Å²) in [4.78, 5) is 2.44. The molecule has 80 valence electrons. The Morgan fingerprint density at radius 3 is 2.62 bits per heavy atom. The molecular formula is C11H26N2. The van der Waals surface area contributed by atoms with Crippen molar-refractivity contribution >= 4 is 0 Å². The highest BCUT2D eigenvalue weighted by atomic mass is 15.1. The predicted molar refractivity (Wildman–Crippen MR) is 60.1 cm³/mol. The van der Waals surface area contributed by atoms with Crippen LogP contribution >= 0.6 is 0 Å². The van der Waals surface area contributed by atoms with Crippen molar-refractivity contribution in [1.29, 1.82) is 0 Å². The Balaban J connectivity index is 3.32. The van der Waals surface area contributed by atoms with E-state index >= 15 is 0 Å². The van der Waals surface area contributed by atoms with Crippen molar-refractivity contribution in [3.05, 3.63) is 0 Å². The van der Waals surface area contributed by atoms with Crippen LogP contribution in [-0.2, 0) is 0 Å². The van der Waals surface area contributed by atoms with Crippen molar-refractivity contribution in [1.82, 2.24) is 10.2 Å². The average molecular weight is 186 g/mol. The van der Waals surface area contributed by atoms with Crippen LogP contribution in [0.25, 0.3) is 0 Å². The van der Waals surface area contributed by atoms with Crippen LogP contribution in [0.5, 0.6) is 0 Å². The summed E-state index contributed by atoms with van der Waals surface area (Å²) in [7, 11) is 4.24. The van der Waals surface area contributed by atoms with E-state index in [0.717, 1.165) is 12.5 Å². The molecule has 0 aliphatic rings. The molecule has 0 fully saturated rings. The summed E-state index contributed by atoms with van der Waals surface area (Å²) in [6, 6.07) is 0. The molecule has 0 aromatic heterocycles. The Hall–Kier alpha value is -0.0800. The summed E-state index contributed by atoms with van der Waals surface area (Å²) in [5.41, 5.74) is 0. The third-order valence-corrected chi connectivity index (χ3v) is 2.37. The number of nitrogens with zero attached hydrogens (tertiary/aromatic N) is 1. The minimum Gasteiger partial charge on any atom is -0.320 e. The summed E-state index contributed by atoms with van der Waals surface area (Å²) in [6.07, 6.45) is 3.92. The minimum atomic E-state index is 0.851. The second-order valence-electron chi connectivity index (χ2n) is 4.11. The van der Waals surface area contributed by atoms with E-state index in [2.05, 4.69) is 31.1 Å². The summed E-state index contributed by atoms with van der Waals surface area (Å²) in [5.74, 6) is 0.851. The van der Waals surface area contributed by atoms with Crippen LogP contribution in [0, 0.1) is 5.92 Å². The summed E-state index contributed by atoms with van der Waals surface area (Å²) >= 11 is 0. The van der Waals surface area contributed by atoms with Crippen LogP contribution in [-0.4, -0.2) is 38.6 Å². The second kappa shape index (κ2) is 8.52. The normalized spacial score (nSPS) is 13.6. The largest absolute Gasteiger partial charge is 0.320 e. The first-order valence-corrected chi connectivity index (χ1v) is 5.53. The van der Waals surface area contributed by atoms with Crippen LogP contribution in [0.4, 0.5) is 0 Å². The quantitative estimate of drug-likeness (QED) is 0.583. The van der Waals surface area contributed by atoms with Gasteiger partial charge in [0.25, 0.3) is 0 Å². The molecule has 0 aromatic rings. The van der Waals surface area contributed by atoms with E-state index in [9.17, 15) is 0 Å². The lowest BCUT2D eigenvalue weighted by atomic mass is 10.1. The van der Waals surface area contributed by atoms with Gasteiger partial charge in [-0.2, -0.15) is 0 Å².